The molecule has 1 amide bonds. The van der Waals surface area contributed by atoms with E-state index in [1.54, 1.807) is 24.4 Å². The number of aryl methyl sites for hydroxylation is 1. The average Bonchev–Trinajstić information content (AvgIpc) is 3.09. The first-order valence-electron chi connectivity index (χ1n) is 7.75. The molecule has 6 nitrogen and oxygen atoms in total. The molecule has 2 heterocycles. The molecule has 0 saturated heterocycles. The lowest BCUT2D eigenvalue weighted by Crippen LogP contribution is -2.14. The summed E-state index contributed by atoms with van der Waals surface area (Å²) in [5.74, 6) is -0.841. The van der Waals surface area contributed by atoms with Gasteiger partial charge in [-0.2, -0.15) is 23.4 Å². The molecule has 0 unspecified atom stereocenters. The van der Waals surface area contributed by atoms with Crippen molar-refractivity contribution in [1.82, 2.24) is 19.6 Å². The van der Waals surface area contributed by atoms with E-state index in [1.165, 1.54) is 4.68 Å². The topological polar surface area (TPSA) is 64.7 Å². The van der Waals surface area contributed by atoms with Crippen molar-refractivity contribution in [2.24, 2.45) is 7.05 Å². The van der Waals surface area contributed by atoms with Crippen LogP contribution in [0.15, 0.2) is 28.9 Å². The monoisotopic (exact) mass is 529 g/mol. The lowest BCUT2D eigenvalue weighted by Gasteiger charge is -2.06. The van der Waals surface area contributed by atoms with Crippen molar-refractivity contribution in [2.45, 2.75) is 12.7 Å². The number of nitrogens with zero attached hydrogens (tertiary/aromatic N) is 4. The number of alkyl halides is 3. The van der Waals surface area contributed by atoms with Crippen LogP contribution in [-0.2, 0) is 19.8 Å². The first-order valence-corrected chi connectivity index (χ1v) is 9.68. The molecule has 0 aliphatic rings. The molecule has 0 fully saturated rings. The Balaban J connectivity index is 1.81. The van der Waals surface area contributed by atoms with Crippen LogP contribution in [0.2, 0.25) is 15.1 Å². The zero-order valence-electron chi connectivity index (χ0n) is 14.4. The Morgan fingerprint density at radius 1 is 1.21 bits per heavy atom. The van der Waals surface area contributed by atoms with Crippen LogP contribution in [0, 0.1) is 0 Å². The van der Waals surface area contributed by atoms with Gasteiger partial charge in [0, 0.05) is 13.2 Å². The fourth-order valence-corrected chi connectivity index (χ4v) is 3.59. The molecule has 13 heteroatoms. The van der Waals surface area contributed by atoms with Crippen LogP contribution in [0.4, 0.5) is 19.0 Å². The van der Waals surface area contributed by atoms with Crippen molar-refractivity contribution >= 4 is 62.5 Å². The van der Waals surface area contributed by atoms with Crippen molar-refractivity contribution in [1.29, 1.82) is 0 Å². The van der Waals surface area contributed by atoms with Crippen molar-refractivity contribution < 1.29 is 18.0 Å². The van der Waals surface area contributed by atoms with Gasteiger partial charge >= 0.3 is 6.18 Å². The van der Waals surface area contributed by atoms with Crippen molar-refractivity contribution in [3.05, 3.63) is 60.9 Å². The number of benzene rings is 1. The van der Waals surface area contributed by atoms with Crippen LogP contribution in [0.3, 0.4) is 0 Å². The highest BCUT2D eigenvalue weighted by Gasteiger charge is 2.40. The predicted octanol–water partition coefficient (Wildman–Crippen LogP) is 5.66. The summed E-state index contributed by atoms with van der Waals surface area (Å²) in [5, 5.41) is 10.2. The minimum absolute atomic E-state index is 0.0883. The summed E-state index contributed by atoms with van der Waals surface area (Å²) in [6.45, 7) is 0.313. The fourth-order valence-electron chi connectivity index (χ4n) is 2.51. The quantitative estimate of drug-likeness (QED) is 0.473. The number of carbonyl (C=O) groups is 1. The van der Waals surface area contributed by atoms with Gasteiger partial charge in [0.25, 0.3) is 5.91 Å². The van der Waals surface area contributed by atoms with Gasteiger partial charge in [0.1, 0.15) is 5.02 Å². The minimum atomic E-state index is -4.75. The Labute approximate surface area is 185 Å². The number of rotatable bonds is 4. The maximum Gasteiger partial charge on any atom is 0.434 e. The molecule has 0 saturated carbocycles. The molecule has 2 aromatic heterocycles. The molecular formula is C16H10BrCl3F3N5O. The second kappa shape index (κ2) is 8.17. The number of carbonyl (C=O) groups excluding carboxylic acids is 1. The lowest BCUT2D eigenvalue weighted by atomic mass is 10.2. The number of aromatic nitrogens is 4. The van der Waals surface area contributed by atoms with Gasteiger partial charge in [-0.05, 0) is 33.6 Å². The normalized spacial score (nSPS) is 11.7. The van der Waals surface area contributed by atoms with Gasteiger partial charge in [0.2, 0.25) is 0 Å². The van der Waals surface area contributed by atoms with E-state index in [1.807, 2.05) is 0 Å². The molecule has 1 aromatic carbocycles. The molecule has 29 heavy (non-hydrogen) atoms. The van der Waals surface area contributed by atoms with Crippen LogP contribution in [0.5, 0.6) is 0 Å². The molecule has 0 atom stereocenters. The van der Waals surface area contributed by atoms with Crippen LogP contribution >= 0.6 is 50.7 Å². The average molecular weight is 532 g/mol. The van der Waals surface area contributed by atoms with E-state index in [4.69, 9.17) is 34.8 Å². The van der Waals surface area contributed by atoms with Crippen LogP contribution in [0.1, 0.15) is 21.7 Å². The maximum atomic E-state index is 13.0. The standard InChI is InChI=1S/C16H10BrCl3F3N5O/c1-27-13(16(21,22)23)11(20)12(25-27)15(29)24-14-8(17)6-28(26-14)5-7-2-3-9(18)10(19)4-7/h2-4,6H,5H2,1H3,(H,24,26,29). The van der Waals surface area contributed by atoms with Crippen molar-refractivity contribution in [3.63, 3.8) is 0 Å². The summed E-state index contributed by atoms with van der Waals surface area (Å²) >= 11 is 20.8. The summed E-state index contributed by atoms with van der Waals surface area (Å²) in [6, 6.07) is 5.07. The zero-order chi connectivity index (χ0) is 21.5. The number of anilines is 1. The molecule has 3 aromatic rings. The van der Waals surface area contributed by atoms with E-state index in [9.17, 15) is 18.0 Å². The van der Waals surface area contributed by atoms with Gasteiger partial charge in [-0.3, -0.25) is 14.2 Å². The highest BCUT2D eigenvalue weighted by atomic mass is 79.9. The summed E-state index contributed by atoms with van der Waals surface area (Å²) < 4.78 is 41.5. The smallest absolute Gasteiger partial charge is 0.303 e. The van der Waals surface area contributed by atoms with Crippen LogP contribution in [-0.4, -0.2) is 25.5 Å². The maximum absolute atomic E-state index is 13.0. The Hall–Kier alpha value is -1.75. The molecule has 0 bridgehead atoms. The molecule has 3 rings (SSSR count). The third-order valence-corrected chi connectivity index (χ3v) is 5.43. The summed E-state index contributed by atoms with van der Waals surface area (Å²) in [4.78, 5) is 12.4. The zero-order valence-corrected chi connectivity index (χ0v) is 18.2. The second-order valence-electron chi connectivity index (χ2n) is 5.86. The Morgan fingerprint density at radius 3 is 2.48 bits per heavy atom. The highest BCUT2D eigenvalue weighted by molar-refractivity contribution is 9.10. The van der Waals surface area contributed by atoms with E-state index in [2.05, 4.69) is 31.4 Å². The van der Waals surface area contributed by atoms with E-state index in [0.717, 1.165) is 12.6 Å². The van der Waals surface area contributed by atoms with E-state index in [0.29, 0.717) is 25.7 Å². The van der Waals surface area contributed by atoms with Gasteiger partial charge in [-0.15, -0.1) is 0 Å². The lowest BCUT2D eigenvalue weighted by molar-refractivity contribution is -0.143. The predicted molar refractivity (Wildman–Crippen MR) is 107 cm³/mol. The van der Waals surface area contributed by atoms with E-state index < -0.39 is 28.5 Å². The first-order chi connectivity index (χ1) is 13.5. The minimum Gasteiger partial charge on any atom is -0.303 e. The highest BCUT2D eigenvalue weighted by Crippen LogP contribution is 2.36. The molecule has 0 aliphatic heterocycles. The SMILES string of the molecule is Cn1nc(C(=O)Nc2nn(Cc3ccc(Cl)c(Cl)c3)cc2Br)c(Cl)c1C(F)(F)F. The molecule has 0 aliphatic carbocycles. The molecule has 1 N–H and O–H groups in total. The first kappa shape index (κ1) is 21.9. The van der Waals surface area contributed by atoms with E-state index >= 15 is 0 Å². The molecule has 154 valence electrons. The third-order valence-electron chi connectivity index (χ3n) is 3.75. The number of halogens is 7. The number of hydrogen-bond acceptors (Lipinski definition) is 3. The molecule has 0 spiro atoms. The van der Waals surface area contributed by atoms with Gasteiger partial charge < -0.3 is 5.32 Å². The van der Waals surface area contributed by atoms with Crippen LogP contribution < -0.4 is 5.32 Å². The third kappa shape index (κ3) is 4.71. The van der Waals surface area contributed by atoms with Crippen molar-refractivity contribution in [2.75, 3.05) is 5.32 Å². The number of hydrogen-bond donors (Lipinski definition) is 1. The van der Waals surface area contributed by atoms with Gasteiger partial charge in [-0.1, -0.05) is 40.9 Å². The fraction of sp³-hybridized carbons (Fsp3) is 0.188. The largest absolute Gasteiger partial charge is 0.434 e. The van der Waals surface area contributed by atoms with Gasteiger partial charge in [-0.25, -0.2) is 0 Å². The van der Waals surface area contributed by atoms with Crippen molar-refractivity contribution in [3.8, 4) is 0 Å². The Kier molecular flexibility index (Phi) is 6.19. The van der Waals surface area contributed by atoms with E-state index in [-0.39, 0.29) is 5.82 Å². The molecule has 0 radical (unpaired) electrons. The Morgan fingerprint density at radius 2 is 1.90 bits per heavy atom. The summed E-state index contributed by atoms with van der Waals surface area (Å²) in [7, 11) is 1.05. The summed E-state index contributed by atoms with van der Waals surface area (Å²) in [5.41, 5.74) is -0.976. The van der Waals surface area contributed by atoms with Gasteiger partial charge in [0.15, 0.2) is 17.2 Å². The summed E-state index contributed by atoms with van der Waals surface area (Å²) in [6.07, 6.45) is -3.17. The second-order valence-corrected chi connectivity index (χ2v) is 7.91. The Bertz CT molecular complexity index is 1100. The van der Waals surface area contributed by atoms with Gasteiger partial charge in [0.05, 0.1) is 21.1 Å². The van der Waals surface area contributed by atoms with Crippen LogP contribution in [0.25, 0.3) is 0 Å². The number of amides is 1. The number of nitrogens with one attached hydrogen (secondary N) is 1. The molecular weight excluding hydrogens is 521 g/mol.